The maximum Gasteiger partial charge on any atom is 0.0786 e. The lowest BCUT2D eigenvalue weighted by Gasteiger charge is -2.39. The summed E-state index contributed by atoms with van der Waals surface area (Å²) in [6.07, 6.45) is 43.8. The lowest BCUT2D eigenvalue weighted by atomic mass is 10.0. The van der Waals surface area contributed by atoms with E-state index in [-0.39, 0.29) is 12.4 Å². The minimum absolute atomic E-state index is 0. The number of nitrogens with zero attached hydrogens (tertiary/aromatic N) is 1. The van der Waals surface area contributed by atoms with E-state index in [0.717, 1.165) is 0 Å². The molecule has 0 heterocycles. The molecule has 0 spiro atoms. The van der Waals surface area contributed by atoms with E-state index in [1.165, 1.54) is 223 Å². The van der Waals surface area contributed by atoms with Crippen LogP contribution in [0.2, 0.25) is 0 Å². The van der Waals surface area contributed by atoms with Crippen molar-refractivity contribution in [1.29, 1.82) is 0 Å². The fourth-order valence-corrected chi connectivity index (χ4v) is 6.59. The Hall–Kier alpha value is 0.250. The van der Waals surface area contributed by atoms with Crippen LogP contribution < -0.4 is 12.4 Å². The molecule has 0 saturated heterocycles. The predicted molar refractivity (Wildman–Crippen MR) is 181 cm³/mol. The highest BCUT2D eigenvalue weighted by Gasteiger charge is 2.25. The van der Waals surface area contributed by atoms with Crippen LogP contribution in [-0.4, -0.2) is 30.7 Å². The van der Waals surface area contributed by atoms with E-state index in [4.69, 9.17) is 0 Å². The van der Waals surface area contributed by atoms with Gasteiger partial charge in [0.1, 0.15) is 0 Å². The molecule has 40 heavy (non-hydrogen) atoms. The van der Waals surface area contributed by atoms with Crippen molar-refractivity contribution in [2.75, 3.05) is 26.2 Å². The Balaban J connectivity index is 0. The minimum Gasteiger partial charge on any atom is -1.00 e. The molecule has 0 aromatic rings. The fourth-order valence-electron chi connectivity index (χ4n) is 6.59. The van der Waals surface area contributed by atoms with Crippen LogP contribution in [-0.2, 0) is 0 Å². The molecule has 0 saturated carbocycles. The van der Waals surface area contributed by atoms with Gasteiger partial charge in [0.25, 0.3) is 0 Å². The molecule has 0 amide bonds. The summed E-state index contributed by atoms with van der Waals surface area (Å²) in [4.78, 5) is 0. The van der Waals surface area contributed by atoms with E-state index in [1.54, 1.807) is 0 Å². The standard InChI is InChI=1S/C38H80N.ClH/c1-5-9-13-15-17-19-21-23-25-27-29-31-33-37-39(35-11-7-3,36-12-8-4)38-34-32-30-28-26-24-22-20-18-16-14-10-6-2;/h5-38H2,1-4H3;1H/q+1;/p-1. The molecule has 2 heteroatoms. The predicted octanol–water partition coefficient (Wildman–Crippen LogP) is 10.6. The van der Waals surface area contributed by atoms with Gasteiger partial charge in [-0.25, -0.2) is 0 Å². The molecule has 0 aromatic heterocycles. The summed E-state index contributed by atoms with van der Waals surface area (Å²) in [7, 11) is 0. The van der Waals surface area contributed by atoms with Gasteiger partial charge in [0.05, 0.1) is 26.2 Å². The molecule has 0 fully saturated rings. The van der Waals surface area contributed by atoms with Gasteiger partial charge >= 0.3 is 0 Å². The smallest absolute Gasteiger partial charge is 0.0786 e. The Labute approximate surface area is 262 Å². The van der Waals surface area contributed by atoms with E-state index >= 15 is 0 Å². The van der Waals surface area contributed by atoms with Crippen LogP contribution in [0.1, 0.15) is 220 Å². The van der Waals surface area contributed by atoms with Crippen LogP contribution in [0.25, 0.3) is 0 Å². The Morgan fingerprint density at radius 3 is 0.625 bits per heavy atom. The van der Waals surface area contributed by atoms with Crippen molar-refractivity contribution in [2.24, 2.45) is 0 Å². The molecule has 244 valence electrons. The van der Waals surface area contributed by atoms with Crippen LogP contribution in [0.5, 0.6) is 0 Å². The average molecular weight is 587 g/mol. The van der Waals surface area contributed by atoms with Gasteiger partial charge in [-0.1, -0.05) is 182 Å². The lowest BCUT2D eigenvalue weighted by Crippen LogP contribution is -3.00. The topological polar surface area (TPSA) is 0 Å². The number of hydrogen-bond acceptors (Lipinski definition) is 0. The zero-order valence-corrected chi connectivity index (χ0v) is 29.6. The molecule has 0 radical (unpaired) electrons. The third-order valence-corrected chi connectivity index (χ3v) is 9.44. The second kappa shape index (κ2) is 35.4. The maximum absolute atomic E-state index is 2.39. The molecule has 0 atom stereocenters. The van der Waals surface area contributed by atoms with Crippen molar-refractivity contribution in [3.05, 3.63) is 0 Å². The molecule has 0 N–H and O–H groups in total. The third kappa shape index (κ3) is 29.7. The van der Waals surface area contributed by atoms with Gasteiger partial charge in [0, 0.05) is 0 Å². The normalized spacial score (nSPS) is 11.7. The molecule has 0 aliphatic carbocycles. The van der Waals surface area contributed by atoms with Crippen LogP contribution in [0, 0.1) is 0 Å². The highest BCUT2D eigenvalue weighted by molar-refractivity contribution is 4.54. The van der Waals surface area contributed by atoms with E-state index in [0.29, 0.717) is 0 Å². The molecule has 0 aliphatic rings. The van der Waals surface area contributed by atoms with E-state index in [9.17, 15) is 0 Å². The van der Waals surface area contributed by atoms with Crippen molar-refractivity contribution in [2.45, 2.75) is 220 Å². The van der Waals surface area contributed by atoms with Gasteiger partial charge in [0.15, 0.2) is 0 Å². The Kier molecular flexibility index (Phi) is 37.6. The summed E-state index contributed by atoms with van der Waals surface area (Å²) < 4.78 is 1.46. The first-order valence-corrected chi connectivity index (χ1v) is 19.1. The van der Waals surface area contributed by atoms with E-state index < -0.39 is 0 Å². The third-order valence-electron chi connectivity index (χ3n) is 9.44. The van der Waals surface area contributed by atoms with Gasteiger partial charge in [-0.15, -0.1) is 0 Å². The van der Waals surface area contributed by atoms with Gasteiger partial charge < -0.3 is 16.9 Å². The van der Waals surface area contributed by atoms with Gasteiger partial charge in [-0.2, -0.15) is 0 Å². The first-order chi connectivity index (χ1) is 19.2. The van der Waals surface area contributed by atoms with Crippen LogP contribution in [0.4, 0.5) is 0 Å². The SMILES string of the molecule is CCCCCCCCCCCCCCC[N+](CCCC)(CCCC)CCCCCCCCCCCCCCC.[Cl-]. The molecule has 0 aromatic carbocycles. The highest BCUT2D eigenvalue weighted by atomic mass is 35.5. The molecule has 0 bridgehead atoms. The van der Waals surface area contributed by atoms with Crippen molar-refractivity contribution in [1.82, 2.24) is 0 Å². The monoisotopic (exact) mass is 586 g/mol. The number of unbranched alkanes of at least 4 members (excludes halogenated alkanes) is 26. The van der Waals surface area contributed by atoms with Crippen LogP contribution in [0.15, 0.2) is 0 Å². The van der Waals surface area contributed by atoms with Crippen molar-refractivity contribution < 1.29 is 16.9 Å². The first kappa shape index (κ1) is 42.4. The van der Waals surface area contributed by atoms with Crippen LogP contribution >= 0.6 is 0 Å². The number of hydrogen-bond donors (Lipinski definition) is 0. The summed E-state index contributed by atoms with van der Waals surface area (Å²) in [5, 5.41) is 0. The zero-order valence-electron chi connectivity index (χ0n) is 28.9. The summed E-state index contributed by atoms with van der Waals surface area (Å²) in [5.41, 5.74) is 0. The summed E-state index contributed by atoms with van der Waals surface area (Å²) >= 11 is 0. The fraction of sp³-hybridized carbons (Fsp3) is 1.00. The lowest BCUT2D eigenvalue weighted by molar-refractivity contribution is -0.929. The van der Waals surface area contributed by atoms with Crippen LogP contribution in [0.3, 0.4) is 0 Å². The second-order valence-electron chi connectivity index (χ2n) is 13.4. The Bertz CT molecular complexity index is 397. The highest BCUT2D eigenvalue weighted by Crippen LogP contribution is 2.20. The first-order valence-electron chi connectivity index (χ1n) is 19.1. The Morgan fingerprint density at radius 1 is 0.225 bits per heavy atom. The molecule has 0 rings (SSSR count). The number of rotatable bonds is 34. The summed E-state index contributed by atoms with van der Waals surface area (Å²) in [6.45, 7) is 15.3. The second-order valence-corrected chi connectivity index (χ2v) is 13.4. The summed E-state index contributed by atoms with van der Waals surface area (Å²) in [6, 6.07) is 0. The molecule has 1 nitrogen and oxygen atoms in total. The van der Waals surface area contributed by atoms with E-state index in [1.807, 2.05) is 0 Å². The summed E-state index contributed by atoms with van der Waals surface area (Å²) in [5.74, 6) is 0. The average Bonchev–Trinajstić information content (AvgIpc) is 2.95. The largest absolute Gasteiger partial charge is 1.00 e. The van der Waals surface area contributed by atoms with Crippen molar-refractivity contribution in [3.63, 3.8) is 0 Å². The van der Waals surface area contributed by atoms with Crippen molar-refractivity contribution in [3.8, 4) is 0 Å². The maximum atomic E-state index is 2.39. The zero-order chi connectivity index (χ0) is 28.5. The molecular weight excluding hydrogens is 506 g/mol. The van der Waals surface area contributed by atoms with Gasteiger partial charge in [0.2, 0.25) is 0 Å². The quantitative estimate of drug-likeness (QED) is 0.0520. The molecular formula is C38H80ClN. The molecule has 0 aliphatic heterocycles. The van der Waals surface area contributed by atoms with Gasteiger partial charge in [-0.05, 0) is 38.5 Å². The molecule has 0 unspecified atom stereocenters. The number of halogens is 1. The number of quaternary nitrogens is 1. The Morgan fingerprint density at radius 2 is 0.400 bits per heavy atom. The van der Waals surface area contributed by atoms with Gasteiger partial charge in [-0.3, -0.25) is 0 Å². The van der Waals surface area contributed by atoms with E-state index in [2.05, 4.69) is 27.7 Å². The minimum atomic E-state index is 0. The van der Waals surface area contributed by atoms with Crippen molar-refractivity contribution >= 4 is 0 Å².